The number of hydrogen-bond acceptors (Lipinski definition) is 5. The van der Waals surface area contributed by atoms with Crippen molar-refractivity contribution in [2.45, 2.75) is 37.2 Å². The van der Waals surface area contributed by atoms with Crippen molar-refractivity contribution >= 4 is 28.6 Å². The third kappa shape index (κ3) is 4.94. The topological polar surface area (TPSA) is 84.8 Å². The maximum absolute atomic E-state index is 13.1. The molecule has 9 heteroatoms. The standard InChI is InChI=1S/C24H24FN5O2S/c25-17-9-7-16(8-10-17)12-27-22(31)15-33-24-29-28-23(30(24)14-18-4-3-11-32-18)20-13-26-21-6-2-1-5-19(20)21/h1-2,5-10,13,18,26H,3-4,11-12,14-15H2,(H,27,31). The molecule has 2 aromatic heterocycles. The molecule has 1 atom stereocenters. The lowest BCUT2D eigenvalue weighted by atomic mass is 10.1. The Morgan fingerprint density at radius 2 is 2.06 bits per heavy atom. The predicted octanol–water partition coefficient (Wildman–Crippen LogP) is 4.15. The van der Waals surface area contributed by atoms with Crippen molar-refractivity contribution in [2.75, 3.05) is 12.4 Å². The summed E-state index contributed by atoms with van der Waals surface area (Å²) in [4.78, 5) is 15.7. The van der Waals surface area contributed by atoms with E-state index in [1.54, 1.807) is 12.1 Å². The van der Waals surface area contributed by atoms with Crippen LogP contribution in [0.3, 0.4) is 0 Å². The molecule has 1 fully saturated rings. The summed E-state index contributed by atoms with van der Waals surface area (Å²) in [5, 5.41) is 13.5. The van der Waals surface area contributed by atoms with Gasteiger partial charge in [0, 0.05) is 35.8 Å². The molecule has 5 rings (SSSR count). The fourth-order valence-corrected chi connectivity index (χ4v) is 4.77. The van der Waals surface area contributed by atoms with Gasteiger partial charge in [0.1, 0.15) is 5.82 Å². The van der Waals surface area contributed by atoms with E-state index >= 15 is 0 Å². The number of H-pyrrole nitrogens is 1. The normalized spacial score (nSPS) is 15.8. The number of halogens is 1. The molecule has 2 N–H and O–H groups in total. The van der Waals surface area contributed by atoms with Crippen molar-refractivity contribution in [1.82, 2.24) is 25.1 Å². The average Bonchev–Trinajstić information content (AvgIpc) is 3.58. The minimum Gasteiger partial charge on any atom is -0.376 e. The maximum atomic E-state index is 13.1. The van der Waals surface area contributed by atoms with Crippen LogP contribution in [-0.4, -0.2) is 44.1 Å². The van der Waals surface area contributed by atoms with Gasteiger partial charge in [-0.25, -0.2) is 4.39 Å². The largest absolute Gasteiger partial charge is 0.376 e. The number of benzene rings is 2. The summed E-state index contributed by atoms with van der Waals surface area (Å²) in [5.41, 5.74) is 2.86. The number of carbonyl (C=O) groups is 1. The third-order valence-electron chi connectivity index (χ3n) is 5.69. The minimum atomic E-state index is -0.294. The van der Waals surface area contributed by atoms with Gasteiger partial charge in [-0.2, -0.15) is 0 Å². The van der Waals surface area contributed by atoms with Crippen molar-refractivity contribution in [2.24, 2.45) is 0 Å². The van der Waals surface area contributed by atoms with E-state index in [0.717, 1.165) is 47.3 Å². The highest BCUT2D eigenvalue weighted by atomic mass is 32.2. The number of carbonyl (C=O) groups excluding carboxylic acids is 1. The van der Waals surface area contributed by atoms with Crippen molar-refractivity contribution in [1.29, 1.82) is 0 Å². The summed E-state index contributed by atoms with van der Waals surface area (Å²) >= 11 is 1.35. The molecule has 170 valence electrons. The van der Waals surface area contributed by atoms with Crippen LogP contribution in [0.25, 0.3) is 22.3 Å². The van der Waals surface area contributed by atoms with Gasteiger partial charge in [0.15, 0.2) is 11.0 Å². The van der Waals surface area contributed by atoms with Gasteiger partial charge >= 0.3 is 0 Å². The second kappa shape index (κ2) is 9.76. The molecule has 0 spiro atoms. The first kappa shape index (κ1) is 21.7. The quantitative estimate of drug-likeness (QED) is 0.382. The van der Waals surface area contributed by atoms with Gasteiger partial charge in [0.2, 0.25) is 5.91 Å². The predicted molar refractivity (Wildman–Crippen MR) is 125 cm³/mol. The number of ether oxygens (including phenoxy) is 1. The number of hydrogen-bond donors (Lipinski definition) is 2. The molecular weight excluding hydrogens is 441 g/mol. The molecule has 1 saturated heterocycles. The van der Waals surface area contributed by atoms with Crippen LogP contribution in [0.4, 0.5) is 4.39 Å². The van der Waals surface area contributed by atoms with Crippen LogP contribution in [-0.2, 0) is 22.6 Å². The lowest BCUT2D eigenvalue weighted by Gasteiger charge is -2.14. The van der Waals surface area contributed by atoms with E-state index in [1.807, 2.05) is 24.4 Å². The number of amides is 1. The number of fused-ring (bicyclic) bond motifs is 1. The monoisotopic (exact) mass is 465 g/mol. The van der Waals surface area contributed by atoms with E-state index in [-0.39, 0.29) is 23.6 Å². The Bertz CT molecular complexity index is 1250. The summed E-state index contributed by atoms with van der Waals surface area (Å²) in [7, 11) is 0. The van der Waals surface area contributed by atoms with Gasteiger partial charge < -0.3 is 15.0 Å². The van der Waals surface area contributed by atoms with Crippen LogP contribution in [0.2, 0.25) is 0 Å². The number of aromatic nitrogens is 4. The number of rotatable bonds is 8. The number of aromatic amines is 1. The van der Waals surface area contributed by atoms with Gasteiger partial charge in [-0.3, -0.25) is 9.36 Å². The molecule has 1 aliphatic heterocycles. The Labute approximate surface area is 194 Å². The molecule has 2 aromatic carbocycles. The van der Waals surface area contributed by atoms with E-state index in [4.69, 9.17) is 4.74 Å². The second-order valence-corrected chi connectivity index (χ2v) is 8.93. The maximum Gasteiger partial charge on any atom is 0.230 e. The van der Waals surface area contributed by atoms with E-state index in [1.165, 1.54) is 23.9 Å². The smallest absolute Gasteiger partial charge is 0.230 e. The molecule has 0 aliphatic carbocycles. The lowest BCUT2D eigenvalue weighted by molar-refractivity contribution is -0.118. The van der Waals surface area contributed by atoms with E-state index in [9.17, 15) is 9.18 Å². The van der Waals surface area contributed by atoms with Crippen molar-refractivity contribution < 1.29 is 13.9 Å². The fraction of sp³-hybridized carbons (Fsp3) is 0.292. The molecule has 0 bridgehead atoms. The molecule has 33 heavy (non-hydrogen) atoms. The Kier molecular flexibility index (Phi) is 6.41. The van der Waals surface area contributed by atoms with Gasteiger partial charge in [-0.05, 0) is 36.6 Å². The lowest BCUT2D eigenvalue weighted by Crippen LogP contribution is -2.25. The Morgan fingerprint density at radius 3 is 2.88 bits per heavy atom. The molecular formula is C24H24FN5O2S. The van der Waals surface area contributed by atoms with Crippen LogP contribution >= 0.6 is 11.8 Å². The van der Waals surface area contributed by atoms with Crippen LogP contribution in [0.1, 0.15) is 18.4 Å². The molecule has 7 nitrogen and oxygen atoms in total. The fourth-order valence-electron chi connectivity index (χ4n) is 3.99. The number of para-hydroxylation sites is 1. The Hall–Kier alpha value is -3.17. The Balaban J connectivity index is 1.32. The SMILES string of the molecule is O=C(CSc1nnc(-c2c[nH]c3ccccc23)n1CC1CCCO1)NCc1ccc(F)cc1. The molecule has 1 aliphatic rings. The van der Waals surface area contributed by atoms with Crippen LogP contribution in [0.15, 0.2) is 59.9 Å². The first-order valence-electron chi connectivity index (χ1n) is 10.9. The van der Waals surface area contributed by atoms with Crippen molar-refractivity contribution in [3.8, 4) is 11.4 Å². The van der Waals surface area contributed by atoms with E-state index in [0.29, 0.717) is 18.2 Å². The van der Waals surface area contributed by atoms with E-state index in [2.05, 4.69) is 31.1 Å². The summed E-state index contributed by atoms with van der Waals surface area (Å²) in [6.07, 6.45) is 4.10. The Morgan fingerprint density at radius 1 is 1.21 bits per heavy atom. The van der Waals surface area contributed by atoms with Gasteiger partial charge in [0.25, 0.3) is 0 Å². The summed E-state index contributed by atoms with van der Waals surface area (Å²) in [6, 6.07) is 14.2. The molecule has 4 aromatic rings. The summed E-state index contributed by atoms with van der Waals surface area (Å²) < 4.78 is 21.0. The van der Waals surface area contributed by atoms with Crippen LogP contribution in [0, 0.1) is 5.82 Å². The van der Waals surface area contributed by atoms with Crippen molar-refractivity contribution in [3.63, 3.8) is 0 Å². The highest BCUT2D eigenvalue weighted by Gasteiger charge is 2.23. The van der Waals surface area contributed by atoms with Gasteiger partial charge in [-0.1, -0.05) is 42.1 Å². The zero-order valence-electron chi connectivity index (χ0n) is 18.0. The van der Waals surface area contributed by atoms with Gasteiger partial charge in [0.05, 0.1) is 18.4 Å². The highest BCUT2D eigenvalue weighted by Crippen LogP contribution is 2.31. The third-order valence-corrected chi connectivity index (χ3v) is 6.66. The van der Waals surface area contributed by atoms with Crippen LogP contribution in [0.5, 0.6) is 0 Å². The molecule has 1 amide bonds. The first-order chi connectivity index (χ1) is 16.2. The molecule has 3 heterocycles. The number of nitrogens with one attached hydrogen (secondary N) is 2. The minimum absolute atomic E-state index is 0.108. The zero-order valence-corrected chi connectivity index (χ0v) is 18.8. The first-order valence-corrected chi connectivity index (χ1v) is 11.9. The number of nitrogens with zero attached hydrogens (tertiary/aromatic N) is 3. The summed E-state index contributed by atoms with van der Waals surface area (Å²) in [5.74, 6) is 0.553. The second-order valence-electron chi connectivity index (χ2n) is 7.99. The zero-order chi connectivity index (χ0) is 22.6. The summed E-state index contributed by atoms with van der Waals surface area (Å²) in [6.45, 7) is 1.76. The molecule has 0 radical (unpaired) electrons. The average molecular weight is 466 g/mol. The highest BCUT2D eigenvalue weighted by molar-refractivity contribution is 7.99. The van der Waals surface area contributed by atoms with E-state index < -0.39 is 0 Å². The van der Waals surface area contributed by atoms with Crippen LogP contribution < -0.4 is 5.32 Å². The van der Waals surface area contributed by atoms with Gasteiger partial charge in [-0.15, -0.1) is 10.2 Å². The molecule has 0 saturated carbocycles. The number of thioether (sulfide) groups is 1. The van der Waals surface area contributed by atoms with Crippen molar-refractivity contribution in [3.05, 3.63) is 66.1 Å². The molecule has 1 unspecified atom stereocenters.